The Kier molecular flexibility index (Phi) is 4.97. The topological polar surface area (TPSA) is 55.8 Å². The van der Waals surface area contributed by atoms with Gasteiger partial charge < -0.3 is 14.6 Å². The number of aliphatic hydroxyl groups is 1. The molecule has 1 heterocycles. The summed E-state index contributed by atoms with van der Waals surface area (Å²) in [5.41, 5.74) is 0. The first-order valence-corrected chi connectivity index (χ1v) is 4.68. The van der Waals surface area contributed by atoms with Gasteiger partial charge in [-0.05, 0) is 19.3 Å². The van der Waals surface area contributed by atoms with Crippen LogP contribution in [0.4, 0.5) is 0 Å². The number of ketones is 1. The van der Waals surface area contributed by atoms with Crippen molar-refractivity contribution in [3.63, 3.8) is 0 Å². The third kappa shape index (κ3) is 4.36. The van der Waals surface area contributed by atoms with Crippen molar-refractivity contribution in [2.75, 3.05) is 19.8 Å². The number of hydrogen-bond donors (Lipinski definition) is 1. The minimum absolute atomic E-state index is 0.139. The van der Waals surface area contributed by atoms with E-state index >= 15 is 0 Å². The smallest absolute Gasteiger partial charge is 0.160 e. The van der Waals surface area contributed by atoms with Gasteiger partial charge in [0.15, 0.2) is 12.1 Å². The zero-order chi connectivity index (χ0) is 9.52. The molecule has 1 saturated heterocycles. The van der Waals surface area contributed by atoms with Gasteiger partial charge in [0.05, 0.1) is 6.61 Å². The molecule has 1 N–H and O–H groups in total. The SMILES string of the molecule is O=C(CO)CCOC1CCCCO1. The van der Waals surface area contributed by atoms with Crippen LogP contribution in [0.2, 0.25) is 0 Å². The summed E-state index contributed by atoms with van der Waals surface area (Å²) in [6, 6.07) is 0. The zero-order valence-corrected chi connectivity index (χ0v) is 7.70. The lowest BCUT2D eigenvalue weighted by molar-refractivity contribution is -0.164. The fourth-order valence-electron chi connectivity index (χ4n) is 1.23. The van der Waals surface area contributed by atoms with Gasteiger partial charge in [0.25, 0.3) is 0 Å². The summed E-state index contributed by atoms with van der Waals surface area (Å²) in [6.07, 6.45) is 3.26. The van der Waals surface area contributed by atoms with Gasteiger partial charge >= 0.3 is 0 Å². The van der Waals surface area contributed by atoms with Crippen LogP contribution in [0.5, 0.6) is 0 Å². The van der Waals surface area contributed by atoms with Crippen molar-refractivity contribution in [2.24, 2.45) is 0 Å². The Balaban J connectivity index is 2.01. The first kappa shape index (κ1) is 10.6. The quantitative estimate of drug-likeness (QED) is 0.681. The van der Waals surface area contributed by atoms with Crippen molar-refractivity contribution >= 4 is 5.78 Å². The Morgan fingerprint density at radius 3 is 3.00 bits per heavy atom. The van der Waals surface area contributed by atoms with E-state index in [1.54, 1.807) is 0 Å². The van der Waals surface area contributed by atoms with Crippen LogP contribution in [0.25, 0.3) is 0 Å². The highest BCUT2D eigenvalue weighted by molar-refractivity contribution is 5.79. The second kappa shape index (κ2) is 6.07. The summed E-state index contributed by atoms with van der Waals surface area (Å²) in [5.74, 6) is -0.184. The molecule has 76 valence electrons. The molecule has 4 heteroatoms. The van der Waals surface area contributed by atoms with Crippen LogP contribution >= 0.6 is 0 Å². The molecule has 1 aliphatic heterocycles. The zero-order valence-electron chi connectivity index (χ0n) is 7.70. The minimum Gasteiger partial charge on any atom is -0.389 e. The molecule has 0 aromatic heterocycles. The number of Topliss-reactive ketones (excluding diaryl/α,β-unsaturated/α-hetero) is 1. The Morgan fingerprint density at radius 2 is 2.38 bits per heavy atom. The molecule has 1 rings (SSSR count). The van der Waals surface area contributed by atoms with E-state index in [0.717, 1.165) is 25.9 Å². The van der Waals surface area contributed by atoms with Crippen molar-refractivity contribution in [1.29, 1.82) is 0 Å². The van der Waals surface area contributed by atoms with Crippen LogP contribution in [0, 0.1) is 0 Å². The Morgan fingerprint density at radius 1 is 1.54 bits per heavy atom. The highest BCUT2D eigenvalue weighted by Gasteiger charge is 2.13. The molecule has 1 atom stereocenters. The molecule has 0 spiro atoms. The van der Waals surface area contributed by atoms with Gasteiger partial charge in [-0.15, -0.1) is 0 Å². The maximum absolute atomic E-state index is 10.7. The molecule has 0 amide bonds. The summed E-state index contributed by atoms with van der Waals surface area (Å²) in [5, 5.41) is 8.44. The molecule has 1 unspecified atom stereocenters. The molecular weight excluding hydrogens is 172 g/mol. The van der Waals surface area contributed by atoms with Crippen LogP contribution in [0.1, 0.15) is 25.7 Å². The predicted octanol–water partition coefficient (Wildman–Crippen LogP) is 0.481. The van der Waals surface area contributed by atoms with Gasteiger partial charge in [0.1, 0.15) is 6.61 Å². The summed E-state index contributed by atoms with van der Waals surface area (Å²) in [6.45, 7) is 0.706. The average Bonchev–Trinajstić information content (AvgIpc) is 2.19. The van der Waals surface area contributed by atoms with Crippen LogP contribution in [0.3, 0.4) is 0 Å². The molecule has 0 aromatic rings. The molecule has 1 aliphatic rings. The summed E-state index contributed by atoms with van der Waals surface area (Å²) in [7, 11) is 0. The number of aliphatic hydroxyl groups excluding tert-OH is 1. The third-order valence-corrected chi connectivity index (χ3v) is 2.00. The Hall–Kier alpha value is -0.450. The lowest BCUT2D eigenvalue weighted by Crippen LogP contribution is -2.23. The van der Waals surface area contributed by atoms with Crippen molar-refractivity contribution in [3.05, 3.63) is 0 Å². The van der Waals surface area contributed by atoms with Crippen molar-refractivity contribution in [3.8, 4) is 0 Å². The number of ether oxygens (including phenoxy) is 2. The van der Waals surface area contributed by atoms with E-state index in [2.05, 4.69) is 0 Å². The van der Waals surface area contributed by atoms with E-state index in [4.69, 9.17) is 14.6 Å². The molecule has 13 heavy (non-hydrogen) atoms. The lowest BCUT2D eigenvalue weighted by atomic mass is 10.2. The van der Waals surface area contributed by atoms with Crippen LogP contribution < -0.4 is 0 Å². The number of rotatable bonds is 5. The summed E-state index contributed by atoms with van der Waals surface area (Å²) in [4.78, 5) is 10.7. The largest absolute Gasteiger partial charge is 0.389 e. The van der Waals surface area contributed by atoms with E-state index < -0.39 is 6.61 Å². The second-order valence-electron chi connectivity index (χ2n) is 3.11. The fraction of sp³-hybridized carbons (Fsp3) is 0.889. The number of carbonyl (C=O) groups is 1. The standard InChI is InChI=1S/C9H16O4/c10-7-8(11)4-6-13-9-3-1-2-5-12-9/h9-10H,1-7H2. The molecule has 0 aromatic carbocycles. The molecule has 0 radical (unpaired) electrons. The van der Waals surface area contributed by atoms with Crippen LogP contribution in [0.15, 0.2) is 0 Å². The lowest BCUT2D eigenvalue weighted by Gasteiger charge is -2.22. The van der Waals surface area contributed by atoms with E-state index in [-0.39, 0.29) is 18.5 Å². The molecule has 4 nitrogen and oxygen atoms in total. The first-order valence-electron chi connectivity index (χ1n) is 4.68. The number of carbonyl (C=O) groups excluding carboxylic acids is 1. The molecule has 0 saturated carbocycles. The Bertz CT molecular complexity index is 152. The average molecular weight is 188 g/mol. The van der Waals surface area contributed by atoms with Crippen molar-refractivity contribution in [1.82, 2.24) is 0 Å². The molecule has 1 fully saturated rings. The van der Waals surface area contributed by atoms with Gasteiger partial charge in [-0.2, -0.15) is 0 Å². The highest BCUT2D eigenvalue weighted by Crippen LogP contribution is 2.13. The maximum atomic E-state index is 10.7. The minimum atomic E-state index is -0.394. The van der Waals surface area contributed by atoms with Gasteiger partial charge in [0.2, 0.25) is 0 Å². The first-order chi connectivity index (χ1) is 6.33. The van der Waals surface area contributed by atoms with E-state index in [1.165, 1.54) is 0 Å². The second-order valence-corrected chi connectivity index (χ2v) is 3.11. The van der Waals surface area contributed by atoms with E-state index in [1.807, 2.05) is 0 Å². The van der Waals surface area contributed by atoms with Crippen LogP contribution in [-0.4, -0.2) is 37.0 Å². The summed E-state index contributed by atoms with van der Waals surface area (Å²) >= 11 is 0. The maximum Gasteiger partial charge on any atom is 0.160 e. The summed E-state index contributed by atoms with van der Waals surface area (Å²) < 4.78 is 10.6. The highest BCUT2D eigenvalue weighted by atomic mass is 16.7. The van der Waals surface area contributed by atoms with Crippen molar-refractivity contribution in [2.45, 2.75) is 32.0 Å². The van der Waals surface area contributed by atoms with Gasteiger partial charge in [-0.25, -0.2) is 0 Å². The fourth-order valence-corrected chi connectivity index (χ4v) is 1.23. The predicted molar refractivity (Wildman–Crippen MR) is 46.3 cm³/mol. The van der Waals surface area contributed by atoms with Crippen LogP contribution in [-0.2, 0) is 14.3 Å². The Labute approximate surface area is 77.8 Å². The molecular formula is C9H16O4. The van der Waals surface area contributed by atoms with E-state index in [0.29, 0.717) is 6.61 Å². The van der Waals surface area contributed by atoms with Crippen molar-refractivity contribution < 1.29 is 19.4 Å². The van der Waals surface area contributed by atoms with Gasteiger partial charge in [-0.1, -0.05) is 0 Å². The van der Waals surface area contributed by atoms with Gasteiger partial charge in [0, 0.05) is 13.0 Å². The normalized spacial score (nSPS) is 23.0. The molecule has 0 bridgehead atoms. The third-order valence-electron chi connectivity index (χ3n) is 2.00. The molecule has 0 aliphatic carbocycles. The van der Waals surface area contributed by atoms with Gasteiger partial charge in [-0.3, -0.25) is 4.79 Å². The van der Waals surface area contributed by atoms with E-state index in [9.17, 15) is 4.79 Å². The monoisotopic (exact) mass is 188 g/mol. The number of hydrogen-bond acceptors (Lipinski definition) is 4.